The molecule has 0 radical (unpaired) electrons. The quantitative estimate of drug-likeness (QED) is 0.0243. The summed E-state index contributed by atoms with van der Waals surface area (Å²) in [7, 11) is 0. The van der Waals surface area contributed by atoms with E-state index < -0.39 is 137 Å². The summed E-state index contributed by atoms with van der Waals surface area (Å²) in [6.45, 7) is 9.00. The van der Waals surface area contributed by atoms with Gasteiger partial charge < -0.3 is 94.1 Å². The van der Waals surface area contributed by atoms with E-state index in [1.54, 1.807) is 32.1 Å². The van der Waals surface area contributed by atoms with Crippen molar-refractivity contribution in [2.45, 2.75) is 123 Å². The summed E-state index contributed by atoms with van der Waals surface area (Å²) >= 11 is 5.91. The van der Waals surface area contributed by atoms with Gasteiger partial charge in [-0.05, 0) is 142 Å². The number of aromatic nitrogens is 19. The monoisotopic (exact) mass is 2080 g/mol. The van der Waals surface area contributed by atoms with E-state index in [4.69, 9.17) is 75.8 Å². The number of carboxylic acids is 2. The van der Waals surface area contributed by atoms with Crippen LogP contribution in [-0.2, 0) is 28.7 Å². The minimum absolute atomic E-state index is 0. The van der Waals surface area contributed by atoms with Gasteiger partial charge in [0, 0.05) is 68.3 Å². The Morgan fingerprint density at radius 1 is 0.438 bits per heavy atom. The number of fused-ring (bicyclic) bond motifs is 5. The molecule has 0 bridgehead atoms. The molecule has 5 saturated heterocycles. The highest BCUT2D eigenvalue weighted by atomic mass is 35.5. The Labute approximate surface area is 845 Å². The molecule has 146 heavy (non-hydrogen) atoms. The molecule has 5 fully saturated rings. The molecule has 55 heteroatoms. The zero-order chi connectivity index (χ0) is 111. The lowest BCUT2D eigenvalue weighted by Crippen LogP contribution is -2.39. The van der Waals surface area contributed by atoms with Crippen molar-refractivity contribution in [2.75, 3.05) is 130 Å². The van der Waals surface area contributed by atoms with Gasteiger partial charge in [-0.25, -0.2) is 77.9 Å². The number of piperidine rings is 5. The van der Waals surface area contributed by atoms with Crippen LogP contribution in [0.15, 0.2) is 117 Å². The molecular weight excluding hydrogens is 1970 g/mol. The molecule has 0 atom stereocenters. The average molecular weight is 2080 g/mol. The molecule has 1 aromatic carbocycles. The van der Waals surface area contributed by atoms with Crippen LogP contribution < -0.4 is 74.4 Å². The highest BCUT2D eigenvalue weighted by Gasteiger charge is 2.37. The number of aliphatic carboxylic acids is 2. The van der Waals surface area contributed by atoms with E-state index in [-0.39, 0.29) is 138 Å². The van der Waals surface area contributed by atoms with Gasteiger partial charge in [0.15, 0.2) is 98.0 Å². The van der Waals surface area contributed by atoms with Crippen molar-refractivity contribution in [1.82, 2.24) is 98.8 Å². The number of nitrogens with two attached hydrogens (primary N) is 5. The fraction of sp³-hybridized carbons (Fsp3) is 0.363. The maximum atomic E-state index is 14.8. The van der Waals surface area contributed by atoms with Gasteiger partial charge >= 0.3 is 29.8 Å². The molecule has 19 rings (SSSR count). The molecule has 14 aromatic rings. The lowest BCUT2D eigenvalue weighted by Gasteiger charge is -2.34. The van der Waals surface area contributed by atoms with Crippen molar-refractivity contribution < 1.29 is 109 Å². The van der Waals surface area contributed by atoms with Crippen LogP contribution >= 0.6 is 24.0 Å². The van der Waals surface area contributed by atoms with E-state index in [0.717, 1.165) is 97.3 Å². The van der Waals surface area contributed by atoms with Gasteiger partial charge in [-0.15, -0.1) is 37.9 Å². The standard InChI is InChI=1S/C22H25F2N7O3.2C18H17F2N7O3.C15H22FN3O2.C13H7ClFN7O2.C5H11N.ClH/c1-22(2,3)34-21(33)12-4-6-30(7-5-12)17-14(24)9-26-10-15(17)28-20(32)16-18(25)29-31-11-13(23)8-27-19(16)31;2*19-10-5-23-16-13(15(21)25-27(16)8-10)17(28)24-12-7-22-6-11(20)14(12)26-3-1-9(2-4-26)18(29)30;1-15(2,3)21-14(20)10-4-6-19(7-5-10)13-11(16)8-18-9-12(13)17;14-6-1-2-8-9(3-6)22(20-18-8)24-13(23)10-11(16)19-21-5-7(15)4-17-12(10)21;1-2-4-6-5-3-1;/h8-12H,4-7H2,1-3H3,(H2,25,29)(H,28,32);2*5-9H,1-4H2,(H2,21,25)(H,24,28)(H,29,30);8-10H,4-7,17H2,1-3H3;1-5H,(H2,16,19);6H,1-5H2;1H/i;;;;;2D2,3D2,4D2,5D2;. The maximum Gasteiger partial charge on any atom is 0.373 e. The third-order valence-electron chi connectivity index (χ3n) is 22.5. The zero-order valence-corrected chi connectivity index (χ0v) is 79.7. The molecule has 0 saturated carbocycles. The number of nitrogen functional groups attached to an aromatic ring is 5. The number of amides is 3. The Bertz CT molecular complexity index is 7370. The normalized spacial score (nSPS) is 17.0. The summed E-state index contributed by atoms with van der Waals surface area (Å²) in [5.41, 5.74) is 30.0. The lowest BCUT2D eigenvalue weighted by molar-refractivity contribution is -0.161. The van der Waals surface area contributed by atoms with Gasteiger partial charge in [0.1, 0.15) is 56.0 Å². The van der Waals surface area contributed by atoms with Crippen molar-refractivity contribution in [3.63, 3.8) is 0 Å². The Morgan fingerprint density at radius 3 is 1.07 bits per heavy atom. The first-order valence-electron chi connectivity index (χ1n) is 48.3. The number of anilines is 12. The Kier molecular flexibility index (Phi) is 30.4. The summed E-state index contributed by atoms with van der Waals surface area (Å²) in [5, 5.41) is 51.2. The second-order valence-electron chi connectivity index (χ2n) is 34.8. The fourth-order valence-electron chi connectivity index (χ4n) is 15.9. The number of rotatable bonds is 16. The van der Waals surface area contributed by atoms with Crippen LogP contribution in [0.25, 0.3) is 33.6 Å². The lowest BCUT2D eigenvalue weighted by atomic mass is 9.96. The largest absolute Gasteiger partial charge is 0.481 e. The predicted molar refractivity (Wildman–Crippen MR) is 519 cm³/mol. The second-order valence-corrected chi connectivity index (χ2v) is 35.3. The van der Waals surface area contributed by atoms with Gasteiger partial charge in [-0.1, -0.05) is 22.9 Å². The minimum atomic E-state index is -2.57. The molecule has 5 aliphatic rings. The zero-order valence-electron chi connectivity index (χ0n) is 86.2. The molecule has 0 spiro atoms. The number of carbonyl (C=O) groups is 8. The molecule has 3 amide bonds. The topological polar surface area (TPSA) is 599 Å². The molecule has 5 aliphatic heterocycles. The second kappa shape index (κ2) is 46.4. The van der Waals surface area contributed by atoms with Crippen LogP contribution in [0.2, 0.25) is 5.02 Å². The smallest absolute Gasteiger partial charge is 0.373 e. The number of carboxylic acid groups (broad SMARTS) is 2. The summed E-state index contributed by atoms with van der Waals surface area (Å²) in [6.07, 6.45) is 15.4. The van der Waals surface area contributed by atoms with Gasteiger partial charge in [-0.3, -0.25) is 53.5 Å². The molecule has 0 aliphatic carbocycles. The Balaban J connectivity index is 0.000000156. The Hall–Kier alpha value is -16.4. The van der Waals surface area contributed by atoms with E-state index in [1.165, 1.54) is 30.9 Å². The number of benzene rings is 1. The van der Waals surface area contributed by atoms with E-state index in [2.05, 4.69) is 86.5 Å². The SMILES string of the molecule is CC(C)(C)OC(=O)C1CCN(c2c(F)cncc2NC(=O)c2c(N)nn3cc(F)cnc23)CC1.CC(C)(C)OC(=O)C1CCN(c2c(N)cncc2F)CC1.Cl.Nc1nn2cc(F)cnc2c1C(=O)Nc1cncc(F)c1N1CCC(C(=O)O)CC1.Nc1nn2cc(F)cnc2c1C(=O)Nc1cncc(F)c1N1CCC(C(=O)O)CC1.Nc1nn2cc(F)cnc2c1C(=O)On1nnc2ccc(Cl)cc21.[2H]C1([2H])CC([2H])([2H])C([2H])([2H])NC1([2H])[2H]. The summed E-state index contributed by atoms with van der Waals surface area (Å²) in [6, 6.07) is 4.80. The fourth-order valence-corrected chi connectivity index (χ4v) is 16.1. The number of nitrogens with one attached hydrogen (secondary N) is 4. The van der Waals surface area contributed by atoms with Crippen LogP contribution in [0.5, 0.6) is 0 Å². The molecule has 772 valence electrons. The Morgan fingerprint density at radius 2 is 0.747 bits per heavy atom. The van der Waals surface area contributed by atoms with E-state index in [0.29, 0.717) is 131 Å². The molecule has 45 nitrogen and oxygen atoms in total. The first kappa shape index (κ1) is 95.8. The third-order valence-corrected chi connectivity index (χ3v) is 22.7. The number of halogens is 10. The van der Waals surface area contributed by atoms with Crippen molar-refractivity contribution in [3.8, 4) is 0 Å². The maximum absolute atomic E-state index is 14.8. The number of hydrogen-bond acceptors (Lipinski definition) is 35. The van der Waals surface area contributed by atoms with Crippen LogP contribution in [0.1, 0.15) is 164 Å². The highest BCUT2D eigenvalue weighted by Crippen LogP contribution is 2.39. The van der Waals surface area contributed by atoms with E-state index >= 15 is 0 Å². The number of pyridine rings is 4. The van der Waals surface area contributed by atoms with Crippen molar-refractivity contribution in [3.05, 3.63) is 191 Å². The van der Waals surface area contributed by atoms with Crippen molar-refractivity contribution >= 4 is 174 Å². The number of esters is 2. The molecular formula is C91H100Cl2F8N32O13. The van der Waals surface area contributed by atoms with Crippen LogP contribution in [0, 0.1) is 70.2 Å². The van der Waals surface area contributed by atoms with Gasteiger partial charge in [0.25, 0.3) is 17.7 Å². The van der Waals surface area contributed by atoms with Gasteiger partial charge in [-0.2, -0.15) is 0 Å². The molecule has 18 heterocycles. The number of hydrogen-bond donors (Lipinski definition) is 11. The van der Waals surface area contributed by atoms with Crippen LogP contribution in [-0.4, -0.2) is 228 Å². The average Bonchev–Trinajstić information content (AvgIpc) is 0.831. The number of nitrogens with zero attached hydrogens (tertiary/aromatic N) is 23. The minimum Gasteiger partial charge on any atom is -0.481 e. The van der Waals surface area contributed by atoms with E-state index in [1.807, 2.05) is 46.4 Å². The summed E-state index contributed by atoms with van der Waals surface area (Å²) in [4.78, 5) is 141. The van der Waals surface area contributed by atoms with Crippen LogP contribution in [0.3, 0.4) is 0 Å². The number of carbonyl (C=O) groups excluding carboxylic acids is 6. The van der Waals surface area contributed by atoms with E-state index in [9.17, 15) is 73.5 Å². The van der Waals surface area contributed by atoms with Gasteiger partial charge in [0.05, 0.1) is 151 Å². The predicted octanol–water partition coefficient (Wildman–Crippen LogP) is 10.5. The van der Waals surface area contributed by atoms with Gasteiger partial charge in [0.2, 0.25) is 0 Å². The summed E-state index contributed by atoms with van der Waals surface area (Å²) in [5.74, 6) is -12.2. The molecule has 16 N–H and O–H groups in total. The van der Waals surface area contributed by atoms with Crippen LogP contribution in [0.4, 0.5) is 104 Å². The highest BCUT2D eigenvalue weighted by molar-refractivity contribution is 6.31. The van der Waals surface area contributed by atoms with Crippen molar-refractivity contribution in [1.29, 1.82) is 0 Å². The first-order chi connectivity index (χ1) is 71.9. The third kappa shape index (κ3) is 25.8. The number of ether oxygens (including phenoxy) is 2. The summed E-state index contributed by atoms with van der Waals surface area (Å²) < 4.78 is 184. The first-order valence-corrected chi connectivity index (χ1v) is 44.7. The molecule has 13 aromatic heterocycles. The molecule has 0 unspecified atom stereocenters. The van der Waals surface area contributed by atoms with Crippen molar-refractivity contribution in [2.24, 2.45) is 23.7 Å².